The molecule has 3 rings (SSSR count). The van der Waals surface area contributed by atoms with Crippen LogP contribution in [0.15, 0.2) is 84.9 Å². The summed E-state index contributed by atoms with van der Waals surface area (Å²) in [5.74, 6) is -0.538. The number of amides is 2. The maximum absolute atomic E-state index is 13.0. The first kappa shape index (κ1) is 19.3. The molecule has 0 aliphatic heterocycles. The normalized spacial score (nSPS) is 11.5. The Morgan fingerprint density at radius 1 is 0.893 bits per heavy atom. The van der Waals surface area contributed by atoms with E-state index in [1.165, 1.54) is 0 Å². The molecule has 5 nitrogen and oxygen atoms in total. The molecule has 0 aromatic heterocycles. The Kier molecular flexibility index (Phi) is 6.54. The molecule has 0 saturated heterocycles. The molecule has 2 amide bonds. The number of nitrogens with two attached hydrogens (primary N) is 1. The van der Waals surface area contributed by atoms with E-state index in [0.29, 0.717) is 12.1 Å². The fourth-order valence-electron chi connectivity index (χ4n) is 2.74. The summed E-state index contributed by atoms with van der Waals surface area (Å²) in [6.45, 7) is 0.0597. The Hall–Kier alpha value is -3.44. The third-order valence-corrected chi connectivity index (χ3v) is 4.16. The van der Waals surface area contributed by atoms with Crippen LogP contribution in [-0.2, 0) is 22.6 Å². The SMILES string of the molecule is N[C@@H](Cc1ccccc1)C(=O)N(C(=O)OCc1ccccc1)c1[c]cccc1. The van der Waals surface area contributed by atoms with E-state index in [0.717, 1.165) is 16.0 Å². The van der Waals surface area contributed by atoms with Crippen LogP contribution in [0.4, 0.5) is 10.5 Å². The molecular formula is C23H21N2O3. The Balaban J connectivity index is 1.76. The lowest BCUT2D eigenvalue weighted by molar-refractivity contribution is -0.119. The highest BCUT2D eigenvalue weighted by molar-refractivity contribution is 6.14. The van der Waals surface area contributed by atoms with E-state index in [4.69, 9.17) is 10.5 Å². The fraction of sp³-hybridized carbons (Fsp3) is 0.130. The second-order valence-electron chi connectivity index (χ2n) is 6.26. The number of carbonyl (C=O) groups is 2. The van der Waals surface area contributed by atoms with Gasteiger partial charge in [-0.1, -0.05) is 78.9 Å². The first-order valence-corrected chi connectivity index (χ1v) is 8.96. The van der Waals surface area contributed by atoms with Gasteiger partial charge in [0.05, 0.1) is 11.7 Å². The third kappa shape index (κ3) is 5.05. The zero-order valence-corrected chi connectivity index (χ0v) is 15.3. The number of rotatable bonds is 6. The largest absolute Gasteiger partial charge is 0.444 e. The van der Waals surface area contributed by atoms with E-state index in [1.54, 1.807) is 24.3 Å². The van der Waals surface area contributed by atoms with Crippen LogP contribution in [0.5, 0.6) is 0 Å². The Morgan fingerprint density at radius 3 is 2.11 bits per heavy atom. The smallest absolute Gasteiger partial charge is 0.421 e. The van der Waals surface area contributed by atoms with Crippen molar-refractivity contribution in [2.75, 3.05) is 4.90 Å². The van der Waals surface area contributed by atoms with E-state index in [2.05, 4.69) is 6.07 Å². The van der Waals surface area contributed by atoms with Gasteiger partial charge in [0, 0.05) is 6.07 Å². The summed E-state index contributed by atoms with van der Waals surface area (Å²) >= 11 is 0. The van der Waals surface area contributed by atoms with Crippen molar-refractivity contribution in [1.29, 1.82) is 0 Å². The van der Waals surface area contributed by atoms with Crippen molar-refractivity contribution in [2.24, 2.45) is 5.73 Å². The fourth-order valence-corrected chi connectivity index (χ4v) is 2.74. The summed E-state index contributed by atoms with van der Waals surface area (Å²) in [6.07, 6.45) is -0.463. The first-order valence-electron chi connectivity index (χ1n) is 8.96. The monoisotopic (exact) mass is 373 g/mol. The molecule has 141 valence electrons. The molecule has 0 saturated carbocycles. The van der Waals surface area contributed by atoms with Crippen LogP contribution in [0.25, 0.3) is 0 Å². The van der Waals surface area contributed by atoms with Gasteiger partial charge in [0.25, 0.3) is 5.91 Å². The molecule has 28 heavy (non-hydrogen) atoms. The molecule has 0 aliphatic carbocycles. The summed E-state index contributed by atoms with van der Waals surface area (Å²) in [5.41, 5.74) is 8.16. The van der Waals surface area contributed by atoms with Gasteiger partial charge in [-0.15, -0.1) is 0 Å². The van der Waals surface area contributed by atoms with Crippen molar-refractivity contribution < 1.29 is 14.3 Å². The van der Waals surface area contributed by atoms with Crippen LogP contribution in [-0.4, -0.2) is 18.0 Å². The summed E-state index contributed by atoms with van der Waals surface area (Å²) in [4.78, 5) is 26.7. The number of imide groups is 1. The van der Waals surface area contributed by atoms with Crippen LogP contribution >= 0.6 is 0 Å². The molecule has 0 bridgehead atoms. The van der Waals surface area contributed by atoms with Crippen LogP contribution in [0, 0.1) is 6.07 Å². The highest BCUT2D eigenvalue weighted by Crippen LogP contribution is 2.17. The van der Waals surface area contributed by atoms with E-state index in [1.807, 2.05) is 60.7 Å². The molecule has 3 aromatic rings. The van der Waals surface area contributed by atoms with Crippen molar-refractivity contribution in [3.63, 3.8) is 0 Å². The number of benzene rings is 3. The zero-order chi connectivity index (χ0) is 19.8. The van der Waals surface area contributed by atoms with Crippen molar-refractivity contribution in [1.82, 2.24) is 0 Å². The van der Waals surface area contributed by atoms with Crippen molar-refractivity contribution in [3.8, 4) is 0 Å². The average molecular weight is 373 g/mol. The Bertz CT molecular complexity index is 899. The maximum Gasteiger partial charge on any atom is 0.421 e. The third-order valence-electron chi connectivity index (χ3n) is 4.16. The maximum atomic E-state index is 13.0. The van der Waals surface area contributed by atoms with Gasteiger partial charge >= 0.3 is 6.09 Å². The molecule has 1 radical (unpaired) electrons. The van der Waals surface area contributed by atoms with Crippen molar-refractivity contribution in [3.05, 3.63) is 102 Å². The lowest BCUT2D eigenvalue weighted by atomic mass is 10.1. The van der Waals surface area contributed by atoms with Crippen LogP contribution in [0.2, 0.25) is 0 Å². The number of carbonyl (C=O) groups excluding carboxylic acids is 2. The number of ether oxygens (including phenoxy) is 1. The molecule has 0 spiro atoms. The second kappa shape index (κ2) is 9.48. The Morgan fingerprint density at radius 2 is 1.50 bits per heavy atom. The number of hydrogen-bond acceptors (Lipinski definition) is 4. The summed E-state index contributed by atoms with van der Waals surface area (Å²) in [5, 5.41) is 0. The van der Waals surface area contributed by atoms with Gasteiger partial charge < -0.3 is 10.5 Å². The molecule has 3 aromatic carbocycles. The van der Waals surface area contributed by atoms with Gasteiger partial charge in [0.15, 0.2) is 0 Å². The number of nitrogens with zero attached hydrogens (tertiary/aromatic N) is 1. The predicted molar refractivity (Wildman–Crippen MR) is 108 cm³/mol. The van der Waals surface area contributed by atoms with Gasteiger partial charge in [0.1, 0.15) is 6.61 Å². The molecule has 0 heterocycles. The molecular weight excluding hydrogens is 352 g/mol. The summed E-state index contributed by atoms with van der Waals surface area (Å²) in [6, 6.07) is 27.4. The quantitative estimate of drug-likeness (QED) is 0.715. The lowest BCUT2D eigenvalue weighted by Crippen LogP contribution is -2.48. The van der Waals surface area contributed by atoms with Gasteiger partial charge in [-0.2, -0.15) is 0 Å². The number of hydrogen-bond donors (Lipinski definition) is 1. The van der Waals surface area contributed by atoms with E-state index >= 15 is 0 Å². The minimum absolute atomic E-state index is 0.0597. The standard InChI is InChI=1S/C23H21N2O3/c24-21(16-18-10-4-1-5-11-18)22(26)25(20-14-8-3-9-15-20)23(27)28-17-19-12-6-2-7-13-19/h1-14,21H,16-17,24H2/t21-/m0/s1. The molecule has 5 heteroatoms. The second-order valence-corrected chi connectivity index (χ2v) is 6.26. The summed E-state index contributed by atoms with van der Waals surface area (Å²) in [7, 11) is 0. The lowest BCUT2D eigenvalue weighted by Gasteiger charge is -2.23. The minimum atomic E-state index is -0.889. The molecule has 1 atom stereocenters. The highest BCUT2D eigenvalue weighted by Gasteiger charge is 2.29. The first-order chi connectivity index (χ1) is 13.6. The van der Waals surface area contributed by atoms with Gasteiger partial charge in [-0.25, -0.2) is 9.69 Å². The minimum Gasteiger partial charge on any atom is -0.444 e. The topological polar surface area (TPSA) is 72.6 Å². The average Bonchev–Trinajstić information content (AvgIpc) is 2.74. The van der Waals surface area contributed by atoms with E-state index < -0.39 is 18.0 Å². The van der Waals surface area contributed by atoms with Crippen molar-refractivity contribution >= 4 is 17.7 Å². The van der Waals surface area contributed by atoms with Crippen LogP contribution in [0.1, 0.15) is 11.1 Å². The van der Waals surface area contributed by atoms with Crippen molar-refractivity contribution in [2.45, 2.75) is 19.1 Å². The highest BCUT2D eigenvalue weighted by atomic mass is 16.6. The van der Waals surface area contributed by atoms with E-state index in [-0.39, 0.29) is 6.61 Å². The zero-order valence-electron chi connectivity index (χ0n) is 15.3. The van der Waals surface area contributed by atoms with Crippen LogP contribution in [0.3, 0.4) is 0 Å². The number of para-hydroxylation sites is 1. The molecule has 0 aliphatic rings. The predicted octanol–water partition coefficient (Wildman–Crippen LogP) is 3.73. The van der Waals surface area contributed by atoms with Gasteiger partial charge in [0.2, 0.25) is 0 Å². The van der Waals surface area contributed by atoms with Gasteiger partial charge in [-0.3, -0.25) is 4.79 Å². The van der Waals surface area contributed by atoms with Crippen LogP contribution < -0.4 is 10.6 Å². The molecule has 0 unspecified atom stereocenters. The van der Waals surface area contributed by atoms with E-state index in [9.17, 15) is 9.59 Å². The molecule has 0 fully saturated rings. The Labute approximate surface area is 164 Å². The number of anilines is 1. The van der Waals surface area contributed by atoms with Gasteiger partial charge in [-0.05, 0) is 23.6 Å². The summed E-state index contributed by atoms with van der Waals surface area (Å²) < 4.78 is 5.36. The molecule has 2 N–H and O–H groups in total.